The number of nitrogens with one attached hydrogen (secondary N) is 1. The van der Waals surface area contributed by atoms with Gasteiger partial charge >= 0.3 is 12.1 Å². The molecule has 3 fully saturated rings. The monoisotopic (exact) mass is 631 g/mol. The molecule has 0 aromatic heterocycles. The van der Waals surface area contributed by atoms with Crippen LogP contribution < -0.4 is 10.2 Å². The van der Waals surface area contributed by atoms with Crippen molar-refractivity contribution in [2.24, 2.45) is 17.8 Å². The van der Waals surface area contributed by atoms with Gasteiger partial charge in [0.25, 0.3) is 11.8 Å². The largest absolute Gasteiger partial charge is 0.481 e. The van der Waals surface area contributed by atoms with E-state index in [0.29, 0.717) is 0 Å². The second-order valence-corrected chi connectivity index (χ2v) is 12.3. The van der Waals surface area contributed by atoms with Crippen LogP contribution in [-0.2, 0) is 26.3 Å². The molecule has 1 spiro atoms. The van der Waals surface area contributed by atoms with Gasteiger partial charge < -0.3 is 15.3 Å². The van der Waals surface area contributed by atoms with E-state index < -0.39 is 72.7 Å². The second kappa shape index (κ2) is 9.78. The van der Waals surface area contributed by atoms with Gasteiger partial charge in [-0.25, -0.2) is 8.78 Å². The Kier molecular flexibility index (Phi) is 6.78. The molecule has 3 aliphatic heterocycles. The van der Waals surface area contributed by atoms with Gasteiger partial charge in [0.15, 0.2) is 0 Å². The van der Waals surface area contributed by atoms with Crippen molar-refractivity contribution in [3.05, 3.63) is 57.6 Å². The summed E-state index contributed by atoms with van der Waals surface area (Å²) in [6, 6.07) is 6.48. The molecule has 1 saturated carbocycles. The second-order valence-electron chi connectivity index (χ2n) is 11.5. The van der Waals surface area contributed by atoms with E-state index in [2.05, 4.69) is 5.32 Å². The molecule has 2 N–H and O–H groups in total. The van der Waals surface area contributed by atoms with Crippen LogP contribution in [0.2, 0.25) is 10.0 Å². The molecule has 4 atom stereocenters. The first-order valence-electron chi connectivity index (χ1n) is 13.3. The molecule has 14 heteroatoms. The van der Waals surface area contributed by atoms with Crippen LogP contribution in [0.3, 0.4) is 0 Å². The van der Waals surface area contributed by atoms with Crippen molar-refractivity contribution in [3.8, 4) is 0 Å². The van der Waals surface area contributed by atoms with Gasteiger partial charge in [0.2, 0.25) is 5.91 Å². The van der Waals surface area contributed by atoms with Gasteiger partial charge in [-0.3, -0.25) is 19.3 Å². The highest BCUT2D eigenvalue weighted by Crippen LogP contribution is 2.61. The molecule has 0 radical (unpaired) electrons. The summed E-state index contributed by atoms with van der Waals surface area (Å²) in [5, 5.41) is 13.1. The van der Waals surface area contributed by atoms with Crippen LogP contribution in [-0.4, -0.2) is 59.0 Å². The topological polar surface area (TPSA) is 90.0 Å². The van der Waals surface area contributed by atoms with Gasteiger partial charge in [-0.1, -0.05) is 35.3 Å². The Morgan fingerprint density at radius 3 is 2.50 bits per heavy atom. The van der Waals surface area contributed by atoms with Crippen molar-refractivity contribution < 1.29 is 41.4 Å². The minimum atomic E-state index is -4.52. The number of anilines is 2. The Balaban J connectivity index is 1.50. The Labute approximate surface area is 246 Å². The standard InChI is InChI=1S/C28H24Cl2F5N3O4/c29-15-7-17-22(18(30)8-15)36-25(42)28(17)21(24(40)41)20(19-10-26(31,32)12-38(19)28)23(39)37(11-13-4-5-13)16-3-1-2-14(6-16)9-27(33,34)35/h1-3,6-8,13,19-21H,4-5,9-12H2,(H,36,42)(H,40,41)/t19-,20+,21?,28+/m1/s1. The maximum Gasteiger partial charge on any atom is 0.393 e. The molecule has 1 aliphatic carbocycles. The van der Waals surface area contributed by atoms with Crippen LogP contribution in [0, 0.1) is 17.8 Å². The third-order valence-corrected chi connectivity index (χ3v) is 9.13. The fraction of sp³-hybridized carbons (Fsp3) is 0.464. The summed E-state index contributed by atoms with van der Waals surface area (Å²) in [4.78, 5) is 43.5. The van der Waals surface area contributed by atoms with Gasteiger partial charge in [-0.2, -0.15) is 13.2 Å². The Morgan fingerprint density at radius 2 is 1.86 bits per heavy atom. The highest BCUT2D eigenvalue weighted by molar-refractivity contribution is 6.38. The van der Waals surface area contributed by atoms with Crippen molar-refractivity contribution in [3.63, 3.8) is 0 Å². The van der Waals surface area contributed by atoms with Gasteiger partial charge in [0.1, 0.15) is 11.5 Å². The Bertz CT molecular complexity index is 1500. The first-order valence-corrected chi connectivity index (χ1v) is 14.0. The molecule has 7 nitrogen and oxygen atoms in total. The van der Waals surface area contributed by atoms with Crippen LogP contribution in [0.25, 0.3) is 0 Å². The normalized spacial score (nSPS) is 28.1. The average molecular weight is 632 g/mol. The number of amides is 2. The lowest BCUT2D eigenvalue weighted by atomic mass is 9.73. The molecule has 6 rings (SSSR count). The number of carboxylic acid groups (broad SMARTS) is 1. The SMILES string of the molecule is O=C(O)C1[C@@H](C(=O)N(CC2CC2)c2cccc(CC(F)(F)F)c2)[C@H]2CC(F)(F)CN2[C@]12C(=O)Nc1c(Cl)cc(Cl)cc12. The van der Waals surface area contributed by atoms with Crippen molar-refractivity contribution in [2.75, 3.05) is 23.3 Å². The quantitative estimate of drug-likeness (QED) is 0.398. The molecule has 4 aliphatic rings. The zero-order chi connectivity index (χ0) is 30.4. The molecule has 2 aromatic carbocycles. The number of carbonyl (C=O) groups excluding carboxylic acids is 2. The van der Waals surface area contributed by atoms with Crippen molar-refractivity contribution in [2.45, 2.75) is 49.4 Å². The van der Waals surface area contributed by atoms with Crippen molar-refractivity contribution in [1.82, 2.24) is 4.90 Å². The lowest BCUT2D eigenvalue weighted by molar-refractivity contribution is -0.153. The number of hydrogen-bond acceptors (Lipinski definition) is 4. The minimum absolute atomic E-state index is 0.00750. The molecule has 2 amide bonds. The van der Waals surface area contributed by atoms with Crippen LogP contribution in [0.15, 0.2) is 36.4 Å². The van der Waals surface area contributed by atoms with Crippen LogP contribution in [0.4, 0.5) is 33.3 Å². The predicted octanol–water partition coefficient (Wildman–Crippen LogP) is 5.73. The van der Waals surface area contributed by atoms with E-state index in [1.165, 1.54) is 41.3 Å². The summed E-state index contributed by atoms with van der Waals surface area (Å²) in [5.74, 6) is -10.2. The van der Waals surface area contributed by atoms with E-state index in [0.717, 1.165) is 17.7 Å². The van der Waals surface area contributed by atoms with E-state index in [-0.39, 0.29) is 45.0 Å². The highest BCUT2D eigenvalue weighted by atomic mass is 35.5. The fourth-order valence-corrected chi connectivity index (χ4v) is 7.45. The molecule has 1 unspecified atom stereocenters. The molecule has 2 saturated heterocycles. The van der Waals surface area contributed by atoms with Gasteiger partial charge in [-0.05, 0) is 48.6 Å². The third kappa shape index (κ3) is 4.71. The molecular formula is C28H24Cl2F5N3O4. The molecule has 42 heavy (non-hydrogen) atoms. The van der Waals surface area contributed by atoms with E-state index in [1.807, 2.05) is 0 Å². The maximum absolute atomic E-state index is 15.1. The first-order chi connectivity index (χ1) is 19.6. The van der Waals surface area contributed by atoms with Crippen LogP contribution in [0.5, 0.6) is 0 Å². The summed E-state index contributed by atoms with van der Waals surface area (Å²) in [6.45, 7) is -0.931. The minimum Gasteiger partial charge on any atom is -0.481 e. The number of rotatable bonds is 6. The van der Waals surface area contributed by atoms with E-state index in [4.69, 9.17) is 23.2 Å². The number of aliphatic carboxylic acids is 1. The molecular weight excluding hydrogens is 608 g/mol. The summed E-state index contributed by atoms with van der Waals surface area (Å²) in [5.41, 5.74) is -2.25. The van der Waals surface area contributed by atoms with Crippen LogP contribution in [0.1, 0.15) is 30.4 Å². The number of fused-ring (bicyclic) bond motifs is 4. The number of nitrogens with zero attached hydrogens (tertiary/aromatic N) is 2. The number of carboxylic acids is 1. The van der Waals surface area contributed by atoms with E-state index in [9.17, 15) is 32.7 Å². The van der Waals surface area contributed by atoms with Gasteiger partial charge in [0.05, 0.1) is 29.6 Å². The van der Waals surface area contributed by atoms with Crippen molar-refractivity contribution in [1.29, 1.82) is 0 Å². The van der Waals surface area contributed by atoms with Gasteiger partial charge in [-0.15, -0.1) is 0 Å². The fourth-order valence-electron chi connectivity index (χ4n) is 6.91. The number of carbonyl (C=O) groups is 3. The molecule has 0 bridgehead atoms. The maximum atomic E-state index is 15.1. The zero-order valence-corrected chi connectivity index (χ0v) is 23.2. The summed E-state index contributed by atoms with van der Waals surface area (Å²) in [6.07, 6.45) is -5.18. The number of hydrogen-bond donors (Lipinski definition) is 2. The summed E-state index contributed by atoms with van der Waals surface area (Å²) >= 11 is 12.5. The predicted molar refractivity (Wildman–Crippen MR) is 143 cm³/mol. The first kappa shape index (κ1) is 29.1. The molecule has 2 aromatic rings. The molecule has 224 valence electrons. The lowest BCUT2D eigenvalue weighted by Gasteiger charge is -2.36. The summed E-state index contributed by atoms with van der Waals surface area (Å²) < 4.78 is 69.6. The summed E-state index contributed by atoms with van der Waals surface area (Å²) in [7, 11) is 0. The highest BCUT2D eigenvalue weighted by Gasteiger charge is 2.74. The number of alkyl halides is 5. The lowest BCUT2D eigenvalue weighted by Crippen LogP contribution is -2.54. The van der Waals surface area contributed by atoms with E-state index in [1.54, 1.807) is 0 Å². The zero-order valence-electron chi connectivity index (χ0n) is 21.7. The van der Waals surface area contributed by atoms with Gasteiger partial charge in [0, 0.05) is 35.3 Å². The number of halogens is 7. The third-order valence-electron chi connectivity index (χ3n) is 8.62. The molecule has 3 heterocycles. The van der Waals surface area contributed by atoms with Crippen LogP contribution >= 0.6 is 23.2 Å². The Morgan fingerprint density at radius 1 is 1.14 bits per heavy atom. The smallest absolute Gasteiger partial charge is 0.393 e. The van der Waals surface area contributed by atoms with Crippen molar-refractivity contribution >= 4 is 52.4 Å². The Hall–Kier alpha value is -2.96. The average Bonchev–Trinajstić information content (AvgIpc) is 3.50. The number of benzene rings is 2. The van der Waals surface area contributed by atoms with E-state index >= 15 is 8.78 Å².